The Morgan fingerprint density at radius 1 is 1.21 bits per heavy atom. The van der Waals surface area contributed by atoms with E-state index in [2.05, 4.69) is 4.74 Å². The lowest BCUT2D eigenvalue weighted by Gasteiger charge is -2.17. The molecule has 1 atom stereocenters. The fraction of sp³-hybridized carbons (Fsp3) is 0.188. The van der Waals surface area contributed by atoms with Gasteiger partial charge >= 0.3 is 12.3 Å². The third-order valence-electron chi connectivity index (χ3n) is 3.38. The van der Waals surface area contributed by atoms with Gasteiger partial charge in [-0.2, -0.15) is 0 Å². The lowest BCUT2D eigenvalue weighted by atomic mass is 9.94. The Morgan fingerprint density at radius 2 is 1.79 bits per heavy atom. The highest BCUT2D eigenvalue weighted by Crippen LogP contribution is 2.33. The van der Waals surface area contributed by atoms with Gasteiger partial charge in [-0.3, -0.25) is 0 Å². The van der Waals surface area contributed by atoms with E-state index >= 15 is 0 Å². The number of aryl methyl sites for hydroxylation is 1. The largest absolute Gasteiger partial charge is 0.573 e. The number of benzene rings is 2. The van der Waals surface area contributed by atoms with Gasteiger partial charge in [0.25, 0.3) is 0 Å². The van der Waals surface area contributed by atoms with Gasteiger partial charge in [-0.1, -0.05) is 12.1 Å². The molecule has 128 valence electrons. The van der Waals surface area contributed by atoms with Gasteiger partial charge in [0.2, 0.25) is 0 Å². The van der Waals surface area contributed by atoms with Crippen LogP contribution in [0.1, 0.15) is 33.1 Å². The highest BCUT2D eigenvalue weighted by molar-refractivity contribution is 5.88. The zero-order valence-corrected chi connectivity index (χ0v) is 12.5. The molecule has 0 aromatic heterocycles. The Hall–Kier alpha value is -2.74. The summed E-state index contributed by atoms with van der Waals surface area (Å²) in [5.74, 6) is -1.75. The number of rotatable bonds is 4. The molecule has 0 aliphatic carbocycles. The zero-order chi connectivity index (χ0) is 18.1. The maximum Gasteiger partial charge on any atom is 0.573 e. The molecule has 0 bridgehead atoms. The summed E-state index contributed by atoms with van der Waals surface area (Å²) in [6.07, 6.45) is -4.80. The second kappa shape index (κ2) is 6.40. The van der Waals surface area contributed by atoms with Crippen LogP contribution in [-0.4, -0.2) is 22.5 Å². The quantitative estimate of drug-likeness (QED) is 0.793. The summed E-state index contributed by atoms with van der Waals surface area (Å²) in [7, 11) is 0. The van der Waals surface area contributed by atoms with Crippen LogP contribution in [-0.2, 0) is 0 Å². The number of halogens is 3. The van der Waals surface area contributed by atoms with E-state index in [0.717, 1.165) is 12.1 Å². The van der Waals surface area contributed by atoms with Crippen LogP contribution < -0.4 is 10.5 Å². The first-order valence-corrected chi connectivity index (χ1v) is 6.76. The minimum Gasteiger partial charge on any atom is -0.507 e. The molecular formula is C16H14F3NO4. The van der Waals surface area contributed by atoms with E-state index < -0.39 is 24.1 Å². The fourth-order valence-electron chi connectivity index (χ4n) is 2.22. The molecular weight excluding hydrogens is 327 g/mol. The lowest BCUT2D eigenvalue weighted by molar-refractivity contribution is -0.274. The van der Waals surface area contributed by atoms with Gasteiger partial charge in [0.15, 0.2) is 0 Å². The Balaban J connectivity index is 2.35. The predicted octanol–water partition coefficient (Wildman–Crippen LogP) is 3.35. The number of hydrogen-bond acceptors (Lipinski definition) is 4. The average Bonchev–Trinajstić information content (AvgIpc) is 2.48. The van der Waals surface area contributed by atoms with Gasteiger partial charge in [0.05, 0.1) is 11.6 Å². The van der Waals surface area contributed by atoms with Crippen molar-refractivity contribution in [3.8, 4) is 11.5 Å². The molecule has 2 aromatic rings. The van der Waals surface area contributed by atoms with E-state index in [1.165, 1.54) is 31.2 Å². The van der Waals surface area contributed by atoms with Crippen molar-refractivity contribution >= 4 is 5.97 Å². The summed E-state index contributed by atoms with van der Waals surface area (Å²) in [5.41, 5.74) is 6.85. The first-order chi connectivity index (χ1) is 11.1. The number of alkyl halides is 3. The molecule has 0 heterocycles. The van der Waals surface area contributed by atoms with Crippen molar-refractivity contribution in [2.45, 2.75) is 19.3 Å². The molecule has 0 aliphatic heterocycles. The molecule has 0 saturated heterocycles. The minimum atomic E-state index is -4.80. The van der Waals surface area contributed by atoms with Crippen LogP contribution in [0.15, 0.2) is 36.4 Å². The molecule has 0 amide bonds. The molecule has 2 aromatic carbocycles. The number of aromatic carboxylic acids is 1. The van der Waals surface area contributed by atoms with E-state index in [1.807, 2.05) is 0 Å². The maximum absolute atomic E-state index is 12.1. The van der Waals surface area contributed by atoms with Crippen LogP contribution in [0.25, 0.3) is 0 Å². The van der Waals surface area contributed by atoms with Crippen molar-refractivity contribution < 1.29 is 32.9 Å². The highest BCUT2D eigenvalue weighted by atomic mass is 19.4. The van der Waals surface area contributed by atoms with Crippen molar-refractivity contribution in [3.63, 3.8) is 0 Å². The van der Waals surface area contributed by atoms with Crippen molar-refractivity contribution in [3.05, 3.63) is 58.7 Å². The van der Waals surface area contributed by atoms with Gasteiger partial charge < -0.3 is 20.7 Å². The summed E-state index contributed by atoms with van der Waals surface area (Å²) >= 11 is 0. The average molecular weight is 341 g/mol. The van der Waals surface area contributed by atoms with Gasteiger partial charge in [-0.05, 0) is 42.3 Å². The predicted molar refractivity (Wildman–Crippen MR) is 79.0 cm³/mol. The van der Waals surface area contributed by atoms with Gasteiger partial charge in [-0.25, -0.2) is 4.79 Å². The molecule has 0 aliphatic rings. The van der Waals surface area contributed by atoms with E-state index in [9.17, 15) is 23.1 Å². The van der Waals surface area contributed by atoms with Crippen LogP contribution in [0, 0.1) is 6.92 Å². The molecule has 5 nitrogen and oxygen atoms in total. The molecule has 0 unspecified atom stereocenters. The molecule has 0 radical (unpaired) electrons. The molecule has 0 saturated carbocycles. The number of carbonyl (C=O) groups is 1. The Bertz CT molecular complexity index is 757. The van der Waals surface area contributed by atoms with Crippen LogP contribution in [0.2, 0.25) is 0 Å². The number of hydrogen-bond donors (Lipinski definition) is 3. The number of phenolic OH excluding ortho intramolecular Hbond substituents is 1. The minimum absolute atomic E-state index is 0.0484. The second-order valence-corrected chi connectivity index (χ2v) is 5.13. The zero-order valence-electron chi connectivity index (χ0n) is 12.5. The summed E-state index contributed by atoms with van der Waals surface area (Å²) in [4.78, 5) is 11.1. The van der Waals surface area contributed by atoms with E-state index in [4.69, 9.17) is 10.8 Å². The van der Waals surface area contributed by atoms with Crippen LogP contribution in [0.5, 0.6) is 11.5 Å². The third-order valence-corrected chi connectivity index (χ3v) is 3.38. The molecule has 24 heavy (non-hydrogen) atoms. The van der Waals surface area contributed by atoms with E-state index in [0.29, 0.717) is 11.1 Å². The van der Waals surface area contributed by atoms with Gasteiger partial charge in [0, 0.05) is 5.56 Å². The topological polar surface area (TPSA) is 92.8 Å². The number of carboxylic acids is 1. The number of phenols is 1. The third kappa shape index (κ3) is 3.96. The fourth-order valence-corrected chi connectivity index (χ4v) is 2.22. The Labute approximate surface area is 135 Å². The highest BCUT2D eigenvalue weighted by Gasteiger charge is 2.31. The second-order valence-electron chi connectivity index (χ2n) is 5.13. The van der Waals surface area contributed by atoms with Gasteiger partial charge in [0.1, 0.15) is 11.5 Å². The monoisotopic (exact) mass is 341 g/mol. The summed E-state index contributed by atoms with van der Waals surface area (Å²) in [5, 5.41) is 19.2. The van der Waals surface area contributed by atoms with Crippen LogP contribution in [0.3, 0.4) is 0 Å². The molecule has 0 spiro atoms. The van der Waals surface area contributed by atoms with Crippen LogP contribution in [0.4, 0.5) is 13.2 Å². The molecule has 2 rings (SSSR count). The maximum atomic E-state index is 12.1. The smallest absolute Gasteiger partial charge is 0.507 e. The summed E-state index contributed by atoms with van der Waals surface area (Å²) in [6.45, 7) is 1.53. The number of ether oxygens (including phenoxy) is 1. The van der Waals surface area contributed by atoms with Crippen molar-refractivity contribution in [1.29, 1.82) is 0 Å². The first kappa shape index (κ1) is 17.6. The summed E-state index contributed by atoms with van der Waals surface area (Å²) in [6, 6.07) is 6.43. The Morgan fingerprint density at radius 3 is 2.29 bits per heavy atom. The van der Waals surface area contributed by atoms with Crippen molar-refractivity contribution in [2.75, 3.05) is 0 Å². The van der Waals surface area contributed by atoms with E-state index in [1.54, 1.807) is 0 Å². The standard InChI is InChI=1S/C16H14F3NO4/c1-8-6-10(15(22)23)7-12(14(8)21)13(20)9-2-4-11(5-3-9)24-16(17,18)19/h2-7,13,21H,20H2,1H3,(H,22,23)/t13-/m1/s1. The first-order valence-electron chi connectivity index (χ1n) is 6.76. The van der Waals surface area contributed by atoms with Crippen molar-refractivity contribution in [1.82, 2.24) is 0 Å². The lowest BCUT2D eigenvalue weighted by Crippen LogP contribution is -2.17. The number of carboxylic acid groups (broad SMARTS) is 1. The molecule has 0 fully saturated rings. The van der Waals surface area contributed by atoms with Crippen LogP contribution >= 0.6 is 0 Å². The normalized spacial score (nSPS) is 12.7. The molecule has 4 N–H and O–H groups in total. The Kier molecular flexibility index (Phi) is 4.70. The molecule has 8 heteroatoms. The summed E-state index contributed by atoms with van der Waals surface area (Å²) < 4.78 is 40.2. The van der Waals surface area contributed by atoms with Crippen molar-refractivity contribution in [2.24, 2.45) is 5.73 Å². The van der Waals surface area contributed by atoms with E-state index in [-0.39, 0.29) is 16.9 Å². The van der Waals surface area contributed by atoms with Gasteiger partial charge in [-0.15, -0.1) is 13.2 Å². The number of aromatic hydroxyl groups is 1. The number of nitrogens with two attached hydrogens (primary N) is 1. The SMILES string of the molecule is Cc1cc(C(=O)O)cc([C@H](N)c2ccc(OC(F)(F)F)cc2)c1O.